The van der Waals surface area contributed by atoms with Gasteiger partial charge in [0.15, 0.2) is 0 Å². The Bertz CT molecular complexity index is 1690. The molecule has 12 heteroatoms. The molecule has 4 aromatic rings. The molecule has 0 atom stereocenters. The Labute approximate surface area is 273 Å². The van der Waals surface area contributed by atoms with Crippen LogP contribution < -0.4 is 20.4 Å². The van der Waals surface area contributed by atoms with Crippen molar-refractivity contribution >= 4 is 41.1 Å². The van der Waals surface area contributed by atoms with Crippen LogP contribution in [0.4, 0.5) is 28.0 Å². The Kier molecular flexibility index (Phi) is 9.65. The normalized spacial score (nSPS) is 15.3. The quantitative estimate of drug-likeness (QED) is 0.239. The molecule has 47 heavy (non-hydrogen) atoms. The Morgan fingerprint density at radius 2 is 1.64 bits per heavy atom. The average molecular weight is 638 g/mol. The van der Waals surface area contributed by atoms with Crippen LogP contribution in [0.2, 0.25) is 0 Å². The predicted molar refractivity (Wildman–Crippen MR) is 179 cm³/mol. The van der Waals surface area contributed by atoms with Crippen molar-refractivity contribution in [2.45, 2.75) is 32.6 Å². The van der Waals surface area contributed by atoms with Crippen molar-refractivity contribution in [1.29, 1.82) is 0 Å². The molecule has 12 nitrogen and oxygen atoms in total. The number of hydrogen-bond donors (Lipinski definition) is 2. The lowest BCUT2D eigenvalue weighted by Gasteiger charge is -2.35. The number of carbonyl (C=O) groups is 3. The monoisotopic (exact) mass is 637 g/mol. The minimum Gasteiger partial charge on any atom is -0.462 e. The van der Waals surface area contributed by atoms with Crippen LogP contribution in [0.15, 0.2) is 77.3 Å². The third kappa shape index (κ3) is 7.54. The lowest BCUT2D eigenvalue weighted by atomic mass is 9.90. The molecule has 244 valence electrons. The van der Waals surface area contributed by atoms with Crippen LogP contribution in [0, 0.1) is 6.92 Å². The SMILES string of the molecule is CCOC(=O)c1cccc(NC(=O)N2CCN(c3ccc(NC(=O)c4oc(N5CCC(c6ccccc6)CC5)nc4C)cn3)CC2)c1. The molecule has 0 saturated carbocycles. The van der Waals surface area contributed by atoms with Crippen molar-refractivity contribution in [1.82, 2.24) is 14.9 Å². The van der Waals surface area contributed by atoms with E-state index in [-0.39, 0.29) is 24.3 Å². The van der Waals surface area contributed by atoms with E-state index in [4.69, 9.17) is 9.15 Å². The van der Waals surface area contributed by atoms with Gasteiger partial charge >= 0.3 is 12.0 Å². The van der Waals surface area contributed by atoms with Crippen molar-refractivity contribution in [2.75, 3.05) is 66.3 Å². The van der Waals surface area contributed by atoms with E-state index in [2.05, 4.69) is 54.7 Å². The zero-order valence-electron chi connectivity index (χ0n) is 26.6. The molecular weight excluding hydrogens is 598 g/mol. The molecule has 2 aliphatic heterocycles. The summed E-state index contributed by atoms with van der Waals surface area (Å²) in [4.78, 5) is 53.0. The summed E-state index contributed by atoms with van der Waals surface area (Å²) < 4.78 is 11.0. The maximum atomic E-state index is 13.1. The van der Waals surface area contributed by atoms with Gasteiger partial charge in [0.1, 0.15) is 5.82 Å². The molecule has 0 radical (unpaired) electrons. The van der Waals surface area contributed by atoms with Gasteiger partial charge in [0, 0.05) is 45.0 Å². The van der Waals surface area contributed by atoms with Crippen molar-refractivity contribution in [3.63, 3.8) is 0 Å². The minimum atomic E-state index is -0.428. The number of piperazine rings is 1. The minimum absolute atomic E-state index is 0.191. The van der Waals surface area contributed by atoms with Crippen LogP contribution in [0.25, 0.3) is 0 Å². The predicted octanol–water partition coefficient (Wildman–Crippen LogP) is 5.55. The fraction of sp³-hybridized carbons (Fsp3) is 0.343. The zero-order valence-corrected chi connectivity index (χ0v) is 26.6. The highest BCUT2D eigenvalue weighted by atomic mass is 16.5. The zero-order chi connectivity index (χ0) is 32.8. The largest absolute Gasteiger partial charge is 0.462 e. The summed E-state index contributed by atoms with van der Waals surface area (Å²) in [6.45, 7) is 7.63. The number of piperidine rings is 1. The van der Waals surface area contributed by atoms with Crippen molar-refractivity contribution < 1.29 is 23.5 Å². The number of aromatic nitrogens is 2. The molecule has 2 aromatic heterocycles. The number of urea groups is 1. The van der Waals surface area contributed by atoms with E-state index in [0.717, 1.165) is 31.7 Å². The smallest absolute Gasteiger partial charge is 0.338 e. The second-order valence-electron chi connectivity index (χ2n) is 11.6. The number of pyridine rings is 1. The lowest BCUT2D eigenvalue weighted by molar-refractivity contribution is 0.0526. The first-order chi connectivity index (χ1) is 22.9. The molecule has 2 fully saturated rings. The van der Waals surface area contributed by atoms with Crippen LogP contribution in [-0.4, -0.2) is 78.7 Å². The molecule has 2 N–H and O–H groups in total. The van der Waals surface area contributed by atoms with Gasteiger partial charge in [0.25, 0.3) is 11.9 Å². The number of benzene rings is 2. The third-order valence-electron chi connectivity index (χ3n) is 8.55. The van der Waals surface area contributed by atoms with E-state index >= 15 is 0 Å². The number of aryl methyl sites for hydroxylation is 1. The standard InChI is InChI=1S/C35H39N7O5/c1-3-46-33(44)27-10-7-11-28(22-27)39-34(45)41-20-18-40(19-21-41)30-13-12-29(23-36-30)38-32(43)31-24(2)37-35(47-31)42-16-14-26(15-17-42)25-8-5-4-6-9-25/h4-13,22-23,26H,3,14-21H2,1-2H3,(H,38,43)(H,39,45). The van der Waals surface area contributed by atoms with Gasteiger partial charge in [-0.05, 0) is 68.5 Å². The number of esters is 1. The molecule has 4 heterocycles. The fourth-order valence-corrected chi connectivity index (χ4v) is 5.97. The van der Waals surface area contributed by atoms with Crippen LogP contribution in [0.5, 0.6) is 0 Å². The number of nitrogens with one attached hydrogen (secondary N) is 2. The number of amides is 3. The first kappa shape index (κ1) is 31.6. The summed E-state index contributed by atoms with van der Waals surface area (Å²) in [7, 11) is 0. The van der Waals surface area contributed by atoms with Crippen LogP contribution >= 0.6 is 0 Å². The van der Waals surface area contributed by atoms with Gasteiger partial charge in [-0.25, -0.2) is 14.6 Å². The van der Waals surface area contributed by atoms with E-state index in [1.165, 1.54) is 5.56 Å². The van der Waals surface area contributed by atoms with E-state index in [0.29, 0.717) is 60.7 Å². The number of nitrogens with zero attached hydrogens (tertiary/aromatic N) is 5. The van der Waals surface area contributed by atoms with E-state index < -0.39 is 5.97 Å². The summed E-state index contributed by atoms with van der Waals surface area (Å²) >= 11 is 0. The van der Waals surface area contributed by atoms with Crippen molar-refractivity contribution in [3.05, 3.63) is 95.5 Å². The third-order valence-corrected chi connectivity index (χ3v) is 8.55. The second kappa shape index (κ2) is 14.4. The Morgan fingerprint density at radius 1 is 0.872 bits per heavy atom. The van der Waals surface area contributed by atoms with Gasteiger partial charge in [-0.3, -0.25) is 4.79 Å². The van der Waals surface area contributed by atoms with Crippen LogP contribution in [0.1, 0.15) is 57.9 Å². The number of rotatable bonds is 8. The maximum absolute atomic E-state index is 13.1. The van der Waals surface area contributed by atoms with Crippen LogP contribution in [-0.2, 0) is 4.74 Å². The van der Waals surface area contributed by atoms with Crippen molar-refractivity contribution in [2.24, 2.45) is 0 Å². The Hall–Kier alpha value is -5.39. The van der Waals surface area contributed by atoms with E-state index in [1.54, 1.807) is 55.3 Å². The van der Waals surface area contributed by atoms with Gasteiger partial charge in [-0.2, -0.15) is 4.98 Å². The molecule has 0 bridgehead atoms. The van der Waals surface area contributed by atoms with Gasteiger partial charge in [-0.15, -0.1) is 0 Å². The second-order valence-corrected chi connectivity index (χ2v) is 11.6. The summed E-state index contributed by atoms with van der Waals surface area (Å²) in [5, 5.41) is 5.74. The number of anilines is 4. The first-order valence-corrected chi connectivity index (χ1v) is 16.0. The highest BCUT2D eigenvalue weighted by molar-refractivity contribution is 6.03. The highest BCUT2D eigenvalue weighted by Gasteiger charge is 2.27. The first-order valence-electron chi connectivity index (χ1n) is 16.0. The summed E-state index contributed by atoms with van der Waals surface area (Å²) in [5.41, 5.74) is 3.36. The molecule has 0 unspecified atom stereocenters. The Morgan fingerprint density at radius 3 is 2.34 bits per heavy atom. The highest BCUT2D eigenvalue weighted by Crippen LogP contribution is 2.31. The van der Waals surface area contributed by atoms with Crippen LogP contribution in [0.3, 0.4) is 0 Å². The lowest BCUT2D eigenvalue weighted by Crippen LogP contribution is -2.50. The number of oxazole rings is 1. The number of ether oxygens (including phenoxy) is 1. The fourth-order valence-electron chi connectivity index (χ4n) is 5.97. The Balaban J connectivity index is 0.981. The molecule has 6 rings (SSSR count). The molecule has 3 amide bonds. The summed E-state index contributed by atoms with van der Waals surface area (Å²) in [6.07, 6.45) is 3.62. The van der Waals surface area contributed by atoms with E-state index in [1.807, 2.05) is 12.1 Å². The summed E-state index contributed by atoms with van der Waals surface area (Å²) in [6, 6.07) is 21.1. The number of carbonyl (C=O) groups excluding carboxylic acids is 3. The summed E-state index contributed by atoms with van der Waals surface area (Å²) in [5.74, 6) is 0.655. The molecule has 2 aromatic carbocycles. The molecule has 0 aliphatic carbocycles. The van der Waals surface area contributed by atoms with Gasteiger partial charge in [0.05, 0.1) is 29.7 Å². The van der Waals surface area contributed by atoms with Crippen molar-refractivity contribution in [3.8, 4) is 0 Å². The molecular formula is C35H39N7O5. The van der Waals surface area contributed by atoms with Gasteiger partial charge in [0.2, 0.25) is 5.76 Å². The maximum Gasteiger partial charge on any atom is 0.338 e. The molecule has 2 saturated heterocycles. The van der Waals surface area contributed by atoms with Gasteiger partial charge < -0.3 is 34.5 Å². The average Bonchev–Trinajstić information content (AvgIpc) is 3.51. The number of hydrogen-bond acceptors (Lipinski definition) is 9. The van der Waals surface area contributed by atoms with Gasteiger partial charge in [-0.1, -0.05) is 36.4 Å². The van der Waals surface area contributed by atoms with E-state index in [9.17, 15) is 14.4 Å². The molecule has 0 spiro atoms. The molecule has 2 aliphatic rings. The topological polar surface area (TPSA) is 133 Å².